The Bertz CT molecular complexity index is 794. The van der Waals surface area contributed by atoms with E-state index >= 15 is 0 Å². The smallest absolute Gasteiger partial charge is 0.255 e. The van der Waals surface area contributed by atoms with Crippen LogP contribution in [0.3, 0.4) is 0 Å². The Kier molecular flexibility index (Phi) is 4.44. The second-order valence-electron chi connectivity index (χ2n) is 6.82. The molecule has 1 fully saturated rings. The van der Waals surface area contributed by atoms with Crippen LogP contribution in [0.4, 0.5) is 5.95 Å². The third kappa shape index (κ3) is 3.39. The summed E-state index contributed by atoms with van der Waals surface area (Å²) in [6.07, 6.45) is 3.10. The first kappa shape index (κ1) is 16.1. The lowest BCUT2D eigenvalue weighted by Crippen LogP contribution is -2.36. The number of rotatable bonds is 4. The van der Waals surface area contributed by atoms with Crippen molar-refractivity contribution in [2.75, 3.05) is 31.6 Å². The van der Waals surface area contributed by atoms with Gasteiger partial charge < -0.3 is 9.64 Å². The van der Waals surface area contributed by atoms with Gasteiger partial charge in [0.1, 0.15) is 5.75 Å². The number of nitrogens with zero attached hydrogens (tertiary/aromatic N) is 3. The molecule has 4 rings (SSSR count). The summed E-state index contributed by atoms with van der Waals surface area (Å²) in [5, 5.41) is 0. The van der Waals surface area contributed by atoms with E-state index < -0.39 is 0 Å². The maximum absolute atomic E-state index is 12.4. The molecule has 132 valence electrons. The fraction of sp³-hybridized carbons (Fsp3) is 0.474. The number of aromatic nitrogens is 2. The number of nitrogens with one attached hydrogen (secondary N) is 1. The summed E-state index contributed by atoms with van der Waals surface area (Å²) >= 11 is 0. The van der Waals surface area contributed by atoms with Crippen molar-refractivity contribution in [3.8, 4) is 5.75 Å². The first-order valence-corrected chi connectivity index (χ1v) is 8.95. The van der Waals surface area contributed by atoms with Crippen molar-refractivity contribution < 1.29 is 4.74 Å². The average molecular weight is 340 g/mol. The Hall–Kier alpha value is -2.34. The molecule has 2 aromatic rings. The van der Waals surface area contributed by atoms with Gasteiger partial charge in [-0.3, -0.25) is 14.7 Å². The minimum Gasteiger partial charge on any atom is -0.497 e. The van der Waals surface area contributed by atoms with Gasteiger partial charge in [0.15, 0.2) is 0 Å². The lowest BCUT2D eigenvalue weighted by molar-refractivity contribution is 0.240. The van der Waals surface area contributed by atoms with Gasteiger partial charge >= 0.3 is 0 Å². The molecule has 2 aliphatic rings. The fourth-order valence-corrected chi connectivity index (χ4v) is 3.68. The molecule has 2 aliphatic heterocycles. The summed E-state index contributed by atoms with van der Waals surface area (Å²) in [7, 11) is 1.68. The van der Waals surface area contributed by atoms with Crippen LogP contribution in [0.2, 0.25) is 0 Å². The maximum atomic E-state index is 12.4. The first-order valence-electron chi connectivity index (χ1n) is 8.95. The van der Waals surface area contributed by atoms with Crippen LogP contribution in [0, 0.1) is 0 Å². The Morgan fingerprint density at radius 2 is 1.92 bits per heavy atom. The second-order valence-corrected chi connectivity index (χ2v) is 6.82. The summed E-state index contributed by atoms with van der Waals surface area (Å²) in [5.41, 5.74) is 3.07. The molecular weight excluding hydrogens is 316 g/mol. The fourth-order valence-electron chi connectivity index (χ4n) is 3.68. The van der Waals surface area contributed by atoms with E-state index in [1.807, 2.05) is 12.1 Å². The molecular formula is C19H24N4O2. The molecule has 0 bridgehead atoms. The number of ether oxygens (including phenoxy) is 1. The number of H-pyrrole nitrogens is 1. The molecule has 0 amide bonds. The minimum absolute atomic E-state index is 0.0380. The third-order valence-corrected chi connectivity index (χ3v) is 5.11. The van der Waals surface area contributed by atoms with Crippen LogP contribution in [-0.2, 0) is 19.5 Å². The van der Waals surface area contributed by atoms with Gasteiger partial charge in [-0.05, 0) is 37.0 Å². The summed E-state index contributed by atoms with van der Waals surface area (Å²) in [6, 6.07) is 8.16. The topological polar surface area (TPSA) is 61.5 Å². The Morgan fingerprint density at radius 1 is 1.16 bits per heavy atom. The number of fused-ring (bicyclic) bond motifs is 1. The first-order chi connectivity index (χ1) is 12.2. The standard InChI is InChI=1S/C19H24N4O2/c1-25-15-6-4-14(5-7-15)12-22-11-8-16-17(13-22)20-19(21-18(16)24)23-9-2-3-10-23/h4-7H,2-3,8-13H2,1H3,(H,20,21,24). The van der Waals surface area contributed by atoms with E-state index in [1.165, 1.54) is 18.4 Å². The van der Waals surface area contributed by atoms with E-state index in [0.717, 1.165) is 62.1 Å². The Labute approximate surface area is 147 Å². The molecule has 3 heterocycles. The molecule has 0 spiro atoms. The molecule has 25 heavy (non-hydrogen) atoms. The molecule has 0 radical (unpaired) electrons. The molecule has 1 N–H and O–H groups in total. The van der Waals surface area contributed by atoms with Gasteiger partial charge in [0.05, 0.1) is 12.8 Å². The van der Waals surface area contributed by atoms with Crippen LogP contribution in [0.15, 0.2) is 29.1 Å². The van der Waals surface area contributed by atoms with Crippen LogP contribution in [-0.4, -0.2) is 41.6 Å². The third-order valence-electron chi connectivity index (χ3n) is 5.11. The van der Waals surface area contributed by atoms with Gasteiger partial charge in [-0.2, -0.15) is 0 Å². The molecule has 0 unspecified atom stereocenters. The minimum atomic E-state index is 0.0380. The van der Waals surface area contributed by atoms with Crippen molar-refractivity contribution in [2.24, 2.45) is 0 Å². The van der Waals surface area contributed by atoms with Gasteiger partial charge in [-0.25, -0.2) is 4.98 Å². The Balaban J connectivity index is 1.52. The second kappa shape index (κ2) is 6.88. The normalized spacial score (nSPS) is 17.6. The van der Waals surface area contributed by atoms with E-state index in [1.54, 1.807) is 7.11 Å². The number of methoxy groups -OCH3 is 1. The molecule has 6 nitrogen and oxygen atoms in total. The number of hydrogen-bond acceptors (Lipinski definition) is 5. The molecule has 6 heteroatoms. The monoisotopic (exact) mass is 340 g/mol. The zero-order chi connectivity index (χ0) is 17.2. The van der Waals surface area contributed by atoms with E-state index in [-0.39, 0.29) is 5.56 Å². The van der Waals surface area contributed by atoms with Gasteiger partial charge in [0.25, 0.3) is 5.56 Å². The molecule has 0 saturated carbocycles. The lowest BCUT2D eigenvalue weighted by atomic mass is 10.1. The molecule has 1 aromatic carbocycles. The van der Waals surface area contributed by atoms with Gasteiger partial charge in [0, 0.05) is 38.3 Å². The van der Waals surface area contributed by atoms with Crippen molar-refractivity contribution in [3.05, 3.63) is 51.4 Å². The highest BCUT2D eigenvalue weighted by molar-refractivity contribution is 5.35. The number of hydrogen-bond donors (Lipinski definition) is 1. The van der Waals surface area contributed by atoms with Crippen LogP contribution < -0.4 is 15.2 Å². The summed E-state index contributed by atoms with van der Waals surface area (Å²) < 4.78 is 5.21. The molecule has 0 atom stereocenters. The van der Waals surface area contributed by atoms with E-state index in [0.29, 0.717) is 0 Å². The summed E-state index contributed by atoms with van der Waals surface area (Å²) in [4.78, 5) is 24.7. The van der Waals surface area contributed by atoms with Gasteiger partial charge in [-0.15, -0.1) is 0 Å². The predicted molar refractivity (Wildman–Crippen MR) is 97.1 cm³/mol. The van der Waals surface area contributed by atoms with E-state index in [4.69, 9.17) is 9.72 Å². The van der Waals surface area contributed by atoms with Crippen molar-refractivity contribution >= 4 is 5.95 Å². The van der Waals surface area contributed by atoms with Crippen LogP contribution in [0.1, 0.15) is 29.7 Å². The van der Waals surface area contributed by atoms with Crippen molar-refractivity contribution in [1.29, 1.82) is 0 Å². The number of aromatic amines is 1. The molecule has 1 saturated heterocycles. The predicted octanol–water partition coefficient (Wildman–Crippen LogP) is 1.94. The average Bonchev–Trinajstić information content (AvgIpc) is 3.17. The molecule has 1 aromatic heterocycles. The van der Waals surface area contributed by atoms with Crippen molar-refractivity contribution in [3.63, 3.8) is 0 Å². The van der Waals surface area contributed by atoms with E-state index in [9.17, 15) is 4.79 Å². The van der Waals surface area contributed by atoms with E-state index in [2.05, 4.69) is 26.9 Å². The number of anilines is 1. The van der Waals surface area contributed by atoms with Crippen LogP contribution >= 0.6 is 0 Å². The van der Waals surface area contributed by atoms with Gasteiger partial charge in [0.2, 0.25) is 5.95 Å². The zero-order valence-corrected chi connectivity index (χ0v) is 14.6. The zero-order valence-electron chi connectivity index (χ0n) is 14.6. The lowest BCUT2D eigenvalue weighted by Gasteiger charge is -2.28. The maximum Gasteiger partial charge on any atom is 0.255 e. The van der Waals surface area contributed by atoms with Gasteiger partial charge in [-0.1, -0.05) is 12.1 Å². The number of benzene rings is 1. The van der Waals surface area contributed by atoms with Crippen LogP contribution in [0.25, 0.3) is 0 Å². The highest BCUT2D eigenvalue weighted by Crippen LogP contribution is 2.21. The highest BCUT2D eigenvalue weighted by atomic mass is 16.5. The Morgan fingerprint density at radius 3 is 2.64 bits per heavy atom. The summed E-state index contributed by atoms with van der Waals surface area (Å²) in [5.74, 6) is 1.61. The highest BCUT2D eigenvalue weighted by Gasteiger charge is 2.23. The van der Waals surface area contributed by atoms with Crippen LogP contribution in [0.5, 0.6) is 5.75 Å². The van der Waals surface area contributed by atoms with Crippen molar-refractivity contribution in [1.82, 2.24) is 14.9 Å². The quantitative estimate of drug-likeness (QED) is 0.922. The molecule has 0 aliphatic carbocycles. The SMILES string of the molecule is COc1ccc(CN2CCc3c(nc(N4CCCC4)[nH]c3=O)C2)cc1. The largest absolute Gasteiger partial charge is 0.497 e. The summed E-state index contributed by atoms with van der Waals surface area (Å²) in [6.45, 7) is 4.44. The van der Waals surface area contributed by atoms with Crippen molar-refractivity contribution in [2.45, 2.75) is 32.4 Å².